The maximum Gasteiger partial charge on any atom is 0.147 e. The van der Waals surface area contributed by atoms with Crippen molar-refractivity contribution in [2.24, 2.45) is 0 Å². The van der Waals surface area contributed by atoms with Crippen molar-refractivity contribution in [1.29, 1.82) is 0 Å². The van der Waals surface area contributed by atoms with Gasteiger partial charge in [0.2, 0.25) is 0 Å². The van der Waals surface area contributed by atoms with Gasteiger partial charge < -0.3 is 4.74 Å². The molecule has 0 spiro atoms. The number of hydrogen-bond acceptors (Lipinski definition) is 2. The van der Waals surface area contributed by atoms with Crippen molar-refractivity contribution in [2.45, 2.75) is 13.3 Å². The van der Waals surface area contributed by atoms with E-state index in [2.05, 4.69) is 15.9 Å². The van der Waals surface area contributed by atoms with E-state index in [1.54, 1.807) is 18.2 Å². The molecule has 4 heteroatoms. The largest absolute Gasteiger partial charge is 0.494 e. The fourth-order valence-electron chi connectivity index (χ4n) is 1.24. The van der Waals surface area contributed by atoms with Crippen LogP contribution in [0.3, 0.4) is 0 Å². The SMILES string of the molecule is CCOc1ccc(Cl)cc1CC(=O)CBr. The Kier molecular flexibility index (Phi) is 5.12. The molecule has 0 N–H and O–H groups in total. The normalized spacial score (nSPS) is 10.1. The minimum Gasteiger partial charge on any atom is -0.494 e. The van der Waals surface area contributed by atoms with Gasteiger partial charge in [-0.1, -0.05) is 27.5 Å². The van der Waals surface area contributed by atoms with Gasteiger partial charge in [-0.05, 0) is 25.1 Å². The smallest absolute Gasteiger partial charge is 0.147 e. The first kappa shape index (κ1) is 12.5. The highest BCUT2D eigenvalue weighted by atomic mass is 79.9. The van der Waals surface area contributed by atoms with Gasteiger partial charge in [-0.2, -0.15) is 0 Å². The predicted molar refractivity (Wildman–Crippen MR) is 65.1 cm³/mol. The summed E-state index contributed by atoms with van der Waals surface area (Å²) in [5.41, 5.74) is 0.841. The highest BCUT2D eigenvalue weighted by Crippen LogP contribution is 2.23. The van der Waals surface area contributed by atoms with Crippen molar-refractivity contribution in [3.8, 4) is 5.75 Å². The molecule has 0 atom stereocenters. The van der Waals surface area contributed by atoms with Crippen LogP contribution in [0, 0.1) is 0 Å². The monoisotopic (exact) mass is 290 g/mol. The number of hydrogen-bond donors (Lipinski definition) is 0. The minimum absolute atomic E-state index is 0.109. The third-order valence-electron chi connectivity index (χ3n) is 1.86. The molecule has 0 heterocycles. The number of halogens is 2. The molecule has 1 aromatic carbocycles. The van der Waals surface area contributed by atoms with Gasteiger partial charge in [-0.3, -0.25) is 4.79 Å². The van der Waals surface area contributed by atoms with E-state index in [1.165, 1.54) is 0 Å². The van der Waals surface area contributed by atoms with E-state index in [4.69, 9.17) is 16.3 Å². The molecule has 0 saturated carbocycles. The molecule has 82 valence electrons. The number of alkyl halides is 1. The minimum atomic E-state index is 0.109. The van der Waals surface area contributed by atoms with Gasteiger partial charge in [0.05, 0.1) is 11.9 Å². The quantitative estimate of drug-likeness (QED) is 0.779. The van der Waals surface area contributed by atoms with E-state index in [0.29, 0.717) is 23.4 Å². The van der Waals surface area contributed by atoms with Crippen LogP contribution in [-0.2, 0) is 11.2 Å². The summed E-state index contributed by atoms with van der Waals surface area (Å²) in [6.07, 6.45) is 0.348. The van der Waals surface area contributed by atoms with Gasteiger partial charge in [0.15, 0.2) is 0 Å². The molecule has 0 bridgehead atoms. The Balaban J connectivity index is 2.91. The van der Waals surface area contributed by atoms with Crippen molar-refractivity contribution >= 4 is 33.3 Å². The summed E-state index contributed by atoms with van der Waals surface area (Å²) in [6.45, 7) is 2.49. The first-order valence-electron chi connectivity index (χ1n) is 4.66. The van der Waals surface area contributed by atoms with Crippen LogP contribution in [0.15, 0.2) is 18.2 Å². The second-order valence-electron chi connectivity index (χ2n) is 3.03. The van der Waals surface area contributed by atoms with Crippen molar-refractivity contribution in [1.82, 2.24) is 0 Å². The molecule has 1 rings (SSSR count). The predicted octanol–water partition coefficient (Wildman–Crippen LogP) is 3.25. The van der Waals surface area contributed by atoms with Crippen LogP contribution in [-0.4, -0.2) is 17.7 Å². The molecule has 0 aromatic heterocycles. The Morgan fingerprint density at radius 3 is 2.87 bits per heavy atom. The summed E-state index contributed by atoms with van der Waals surface area (Å²) >= 11 is 9.00. The summed E-state index contributed by atoms with van der Waals surface area (Å²) in [7, 11) is 0. The molecule has 0 fully saturated rings. The lowest BCUT2D eigenvalue weighted by molar-refractivity contribution is -0.115. The van der Waals surface area contributed by atoms with Crippen molar-refractivity contribution in [2.75, 3.05) is 11.9 Å². The van der Waals surface area contributed by atoms with Gasteiger partial charge in [-0.25, -0.2) is 0 Å². The molecule has 0 radical (unpaired) electrons. The molecule has 0 aliphatic carbocycles. The Hall–Kier alpha value is -0.540. The van der Waals surface area contributed by atoms with Crippen LogP contribution < -0.4 is 4.74 Å². The van der Waals surface area contributed by atoms with Gasteiger partial charge in [-0.15, -0.1) is 0 Å². The van der Waals surface area contributed by atoms with E-state index in [9.17, 15) is 4.79 Å². The zero-order valence-electron chi connectivity index (χ0n) is 8.43. The lowest BCUT2D eigenvalue weighted by atomic mass is 10.1. The van der Waals surface area contributed by atoms with E-state index in [1.807, 2.05) is 6.92 Å². The number of benzene rings is 1. The highest BCUT2D eigenvalue weighted by Gasteiger charge is 2.08. The van der Waals surface area contributed by atoms with Crippen LogP contribution >= 0.6 is 27.5 Å². The molecule has 1 aromatic rings. The summed E-state index contributed by atoms with van der Waals surface area (Å²) in [5.74, 6) is 0.842. The average Bonchev–Trinajstić information content (AvgIpc) is 2.22. The molecule has 0 aliphatic heterocycles. The van der Waals surface area contributed by atoms with Crippen LogP contribution in [0.2, 0.25) is 5.02 Å². The van der Waals surface area contributed by atoms with Gasteiger partial charge >= 0.3 is 0 Å². The number of rotatable bonds is 5. The lowest BCUT2D eigenvalue weighted by Gasteiger charge is -2.09. The number of ketones is 1. The first-order chi connectivity index (χ1) is 7.17. The maximum absolute atomic E-state index is 11.3. The maximum atomic E-state index is 11.3. The summed E-state index contributed by atoms with van der Waals surface area (Å²) in [6, 6.07) is 5.32. The second-order valence-corrected chi connectivity index (χ2v) is 4.03. The molecular formula is C11H12BrClO2. The van der Waals surface area contributed by atoms with E-state index in [0.717, 1.165) is 11.3 Å². The first-order valence-corrected chi connectivity index (χ1v) is 6.16. The molecule has 0 saturated heterocycles. The topological polar surface area (TPSA) is 26.3 Å². The Morgan fingerprint density at radius 1 is 1.53 bits per heavy atom. The molecule has 2 nitrogen and oxygen atoms in total. The summed E-state index contributed by atoms with van der Waals surface area (Å²) < 4.78 is 5.41. The highest BCUT2D eigenvalue weighted by molar-refractivity contribution is 9.09. The van der Waals surface area contributed by atoms with Crippen LogP contribution in [0.25, 0.3) is 0 Å². The standard InChI is InChI=1S/C11H12BrClO2/c1-2-15-11-4-3-9(13)5-8(11)6-10(14)7-12/h3-5H,2,6-7H2,1H3. The fraction of sp³-hybridized carbons (Fsp3) is 0.364. The molecular weight excluding hydrogens is 279 g/mol. The van der Waals surface area contributed by atoms with E-state index >= 15 is 0 Å². The Labute approximate surface area is 103 Å². The van der Waals surface area contributed by atoms with Gasteiger partial charge in [0.25, 0.3) is 0 Å². The molecule has 15 heavy (non-hydrogen) atoms. The van der Waals surface area contributed by atoms with E-state index < -0.39 is 0 Å². The van der Waals surface area contributed by atoms with Crippen molar-refractivity contribution < 1.29 is 9.53 Å². The zero-order chi connectivity index (χ0) is 11.3. The van der Waals surface area contributed by atoms with Crippen LogP contribution in [0.1, 0.15) is 12.5 Å². The molecule has 0 unspecified atom stereocenters. The van der Waals surface area contributed by atoms with Crippen LogP contribution in [0.5, 0.6) is 5.75 Å². The summed E-state index contributed by atoms with van der Waals surface area (Å²) in [5, 5.41) is 0.973. The number of Topliss-reactive ketones (excluding diaryl/α,β-unsaturated/α-hetero) is 1. The van der Waals surface area contributed by atoms with Gasteiger partial charge in [0, 0.05) is 17.0 Å². The number of carbonyl (C=O) groups is 1. The molecule has 0 aliphatic rings. The fourth-order valence-corrected chi connectivity index (χ4v) is 1.64. The van der Waals surface area contributed by atoms with Crippen molar-refractivity contribution in [3.63, 3.8) is 0 Å². The second kappa shape index (κ2) is 6.13. The summed E-state index contributed by atoms with van der Waals surface area (Å²) in [4.78, 5) is 11.3. The number of ether oxygens (including phenoxy) is 1. The molecule has 0 amide bonds. The average molecular weight is 292 g/mol. The lowest BCUT2D eigenvalue weighted by Crippen LogP contribution is -2.06. The van der Waals surface area contributed by atoms with Crippen LogP contribution in [0.4, 0.5) is 0 Å². The van der Waals surface area contributed by atoms with E-state index in [-0.39, 0.29) is 5.78 Å². The Morgan fingerprint density at radius 2 is 2.27 bits per heavy atom. The third kappa shape index (κ3) is 3.84. The number of carbonyl (C=O) groups excluding carboxylic acids is 1. The van der Waals surface area contributed by atoms with Gasteiger partial charge in [0.1, 0.15) is 11.5 Å². The third-order valence-corrected chi connectivity index (χ3v) is 2.72. The van der Waals surface area contributed by atoms with Crippen molar-refractivity contribution in [3.05, 3.63) is 28.8 Å². The Bertz CT molecular complexity index is 352. The zero-order valence-corrected chi connectivity index (χ0v) is 10.8.